The predicted molar refractivity (Wildman–Crippen MR) is 131 cm³/mol. The Morgan fingerprint density at radius 1 is 0.938 bits per heavy atom. The van der Waals surface area contributed by atoms with Gasteiger partial charge in [0, 0.05) is 6.54 Å². The number of thioether (sulfide) groups is 1. The maximum absolute atomic E-state index is 13.2. The van der Waals surface area contributed by atoms with E-state index >= 15 is 0 Å². The van der Waals surface area contributed by atoms with Gasteiger partial charge in [-0.25, -0.2) is 9.97 Å². The molecule has 0 radical (unpaired) electrons. The second-order valence-corrected chi connectivity index (χ2v) is 9.25. The number of nitrogens with zero attached hydrogens (tertiary/aromatic N) is 3. The zero-order valence-corrected chi connectivity index (χ0v) is 18.8. The highest BCUT2D eigenvalue weighted by atomic mass is 32.2. The number of rotatable bonds is 7. The van der Waals surface area contributed by atoms with Gasteiger partial charge in [-0.15, -0.1) is 11.3 Å². The number of hydrogen-bond acceptors (Lipinski definition) is 6. The van der Waals surface area contributed by atoms with Crippen LogP contribution in [0, 0.1) is 0 Å². The number of benzene rings is 2. The summed E-state index contributed by atoms with van der Waals surface area (Å²) in [7, 11) is 0. The van der Waals surface area contributed by atoms with E-state index < -0.39 is 0 Å². The predicted octanol–water partition coefficient (Wildman–Crippen LogP) is 4.62. The van der Waals surface area contributed by atoms with Gasteiger partial charge in [0.15, 0.2) is 5.16 Å². The molecular weight excluding hydrogens is 440 g/mol. The Balaban J connectivity index is 1.44. The number of fused-ring (bicyclic) bond motifs is 2. The van der Waals surface area contributed by atoms with Crippen LogP contribution in [-0.4, -0.2) is 19.5 Å². The number of aryl methyl sites for hydroxylation is 1. The molecule has 2 aromatic carbocycles. The first kappa shape index (κ1) is 20.7. The zero-order valence-electron chi connectivity index (χ0n) is 17.2. The van der Waals surface area contributed by atoms with Gasteiger partial charge in [0.2, 0.25) is 0 Å². The van der Waals surface area contributed by atoms with Gasteiger partial charge in [-0.05, 0) is 42.0 Å². The highest BCUT2D eigenvalue weighted by Gasteiger charge is 2.13. The molecule has 8 heteroatoms. The third kappa shape index (κ3) is 4.24. The first-order chi connectivity index (χ1) is 15.7. The summed E-state index contributed by atoms with van der Waals surface area (Å²) in [6, 6.07) is 19.5. The number of hydrogen-bond donors (Lipinski definition) is 1. The van der Waals surface area contributed by atoms with E-state index in [0.29, 0.717) is 44.4 Å². The molecule has 0 amide bonds. The molecule has 0 aliphatic carbocycles. The molecule has 0 bridgehead atoms. The summed E-state index contributed by atoms with van der Waals surface area (Å²) in [5, 5.41) is 3.11. The molecule has 0 saturated carbocycles. The molecule has 32 heavy (non-hydrogen) atoms. The lowest BCUT2D eigenvalue weighted by Gasteiger charge is -2.13. The van der Waals surface area contributed by atoms with Crippen LogP contribution in [0.5, 0.6) is 0 Å². The van der Waals surface area contributed by atoms with Crippen molar-refractivity contribution in [3.05, 3.63) is 98.1 Å². The van der Waals surface area contributed by atoms with Crippen LogP contribution >= 0.6 is 23.1 Å². The quantitative estimate of drug-likeness (QED) is 0.283. The van der Waals surface area contributed by atoms with E-state index in [-0.39, 0.29) is 11.1 Å². The summed E-state index contributed by atoms with van der Waals surface area (Å²) in [6.07, 6.45) is 1.71. The zero-order chi connectivity index (χ0) is 21.9. The highest BCUT2D eigenvalue weighted by molar-refractivity contribution is 7.98. The summed E-state index contributed by atoms with van der Waals surface area (Å²) >= 11 is 2.80. The van der Waals surface area contributed by atoms with E-state index in [0.717, 1.165) is 12.8 Å². The summed E-state index contributed by atoms with van der Waals surface area (Å²) in [4.78, 5) is 37.7. The number of thiophene rings is 1. The Kier molecular flexibility index (Phi) is 5.87. The fourth-order valence-corrected chi connectivity index (χ4v) is 5.28. The normalized spacial score (nSPS) is 11.4. The van der Waals surface area contributed by atoms with Crippen molar-refractivity contribution in [2.24, 2.45) is 0 Å². The van der Waals surface area contributed by atoms with Gasteiger partial charge in [-0.3, -0.25) is 14.2 Å². The van der Waals surface area contributed by atoms with Crippen molar-refractivity contribution >= 4 is 44.2 Å². The van der Waals surface area contributed by atoms with Crippen LogP contribution in [0.3, 0.4) is 0 Å². The lowest BCUT2D eigenvalue weighted by Crippen LogP contribution is -2.24. The van der Waals surface area contributed by atoms with Gasteiger partial charge in [0.1, 0.15) is 10.5 Å². The third-order valence-electron chi connectivity index (χ3n) is 5.22. The number of aromatic amines is 1. The van der Waals surface area contributed by atoms with Crippen LogP contribution in [-0.2, 0) is 18.7 Å². The lowest BCUT2D eigenvalue weighted by atomic mass is 10.1. The minimum Gasteiger partial charge on any atom is -0.309 e. The van der Waals surface area contributed by atoms with Crippen molar-refractivity contribution in [2.75, 3.05) is 0 Å². The smallest absolute Gasteiger partial charge is 0.268 e. The van der Waals surface area contributed by atoms with Crippen molar-refractivity contribution in [2.45, 2.75) is 30.3 Å². The Bertz CT molecular complexity index is 1510. The van der Waals surface area contributed by atoms with Crippen LogP contribution in [0.1, 0.15) is 17.8 Å². The molecule has 3 heterocycles. The van der Waals surface area contributed by atoms with Gasteiger partial charge >= 0.3 is 0 Å². The number of aromatic nitrogens is 4. The maximum Gasteiger partial charge on any atom is 0.268 e. The van der Waals surface area contributed by atoms with Crippen LogP contribution in [0.4, 0.5) is 0 Å². The minimum absolute atomic E-state index is 0.0408. The average molecular weight is 461 g/mol. The first-order valence-electron chi connectivity index (χ1n) is 10.3. The fourth-order valence-electron chi connectivity index (χ4n) is 3.66. The number of para-hydroxylation sites is 1. The Morgan fingerprint density at radius 2 is 1.75 bits per heavy atom. The van der Waals surface area contributed by atoms with Crippen LogP contribution in [0.15, 0.2) is 80.8 Å². The van der Waals surface area contributed by atoms with Gasteiger partial charge in [0.05, 0.1) is 22.2 Å². The topological polar surface area (TPSA) is 80.6 Å². The largest absolute Gasteiger partial charge is 0.309 e. The SMILES string of the molecule is O=c1[nH]c(CSc2nc3ccccc3c(=O)n2CCCc2ccccc2)nc2ccsc12. The maximum atomic E-state index is 13.2. The molecule has 0 spiro atoms. The standard InChI is InChI=1S/C24H20N4O2S2/c29-22-21-19(12-14-31-21)25-20(27-22)15-32-24-26-18-11-5-4-10-17(18)23(30)28(24)13-6-9-16-7-2-1-3-8-16/h1-5,7-8,10-12,14H,6,9,13,15H2,(H,25,27,29). The van der Waals surface area contributed by atoms with E-state index in [1.807, 2.05) is 53.9 Å². The van der Waals surface area contributed by atoms with Crippen molar-refractivity contribution in [1.82, 2.24) is 19.5 Å². The average Bonchev–Trinajstić information content (AvgIpc) is 3.29. The van der Waals surface area contributed by atoms with E-state index in [1.54, 1.807) is 4.57 Å². The second-order valence-electron chi connectivity index (χ2n) is 7.39. The molecule has 0 aliphatic rings. The Hall–Kier alpha value is -3.23. The van der Waals surface area contributed by atoms with Crippen LogP contribution < -0.4 is 11.1 Å². The van der Waals surface area contributed by atoms with Crippen molar-refractivity contribution in [1.29, 1.82) is 0 Å². The van der Waals surface area contributed by atoms with E-state index in [4.69, 9.17) is 4.98 Å². The molecule has 0 fully saturated rings. The molecule has 0 atom stereocenters. The molecule has 0 aliphatic heterocycles. The minimum atomic E-state index is -0.132. The van der Waals surface area contributed by atoms with Gasteiger partial charge in [-0.1, -0.05) is 54.2 Å². The number of nitrogens with one attached hydrogen (secondary N) is 1. The van der Waals surface area contributed by atoms with Gasteiger partial charge in [0.25, 0.3) is 11.1 Å². The number of H-pyrrole nitrogens is 1. The molecule has 160 valence electrons. The summed E-state index contributed by atoms with van der Waals surface area (Å²) in [5.74, 6) is 0.994. The molecule has 6 nitrogen and oxygen atoms in total. The molecule has 0 unspecified atom stereocenters. The van der Waals surface area contributed by atoms with Crippen LogP contribution in [0.25, 0.3) is 21.1 Å². The first-order valence-corrected chi connectivity index (χ1v) is 12.2. The Morgan fingerprint density at radius 3 is 2.62 bits per heavy atom. The molecular formula is C24H20N4O2S2. The van der Waals surface area contributed by atoms with Crippen molar-refractivity contribution in [3.63, 3.8) is 0 Å². The van der Waals surface area contributed by atoms with E-state index in [1.165, 1.54) is 28.7 Å². The van der Waals surface area contributed by atoms with Crippen molar-refractivity contribution in [3.8, 4) is 0 Å². The second kappa shape index (κ2) is 9.10. The molecule has 5 rings (SSSR count). The monoisotopic (exact) mass is 460 g/mol. The van der Waals surface area contributed by atoms with Crippen molar-refractivity contribution < 1.29 is 0 Å². The van der Waals surface area contributed by atoms with E-state index in [2.05, 4.69) is 22.1 Å². The summed E-state index contributed by atoms with van der Waals surface area (Å²) in [6.45, 7) is 0.571. The lowest BCUT2D eigenvalue weighted by molar-refractivity contribution is 0.564. The third-order valence-corrected chi connectivity index (χ3v) is 7.11. The fraction of sp³-hybridized carbons (Fsp3) is 0.167. The van der Waals surface area contributed by atoms with Crippen LogP contribution in [0.2, 0.25) is 0 Å². The molecule has 3 aromatic heterocycles. The molecule has 0 saturated heterocycles. The summed E-state index contributed by atoms with van der Waals surface area (Å²) < 4.78 is 2.37. The highest BCUT2D eigenvalue weighted by Crippen LogP contribution is 2.22. The molecule has 1 N–H and O–H groups in total. The Labute approximate surface area is 192 Å². The molecule has 5 aromatic rings. The van der Waals surface area contributed by atoms with Gasteiger partial charge in [-0.2, -0.15) is 0 Å². The van der Waals surface area contributed by atoms with E-state index in [9.17, 15) is 9.59 Å². The summed E-state index contributed by atoms with van der Waals surface area (Å²) in [5.41, 5.74) is 2.44. The van der Waals surface area contributed by atoms with Gasteiger partial charge < -0.3 is 4.98 Å².